The van der Waals surface area contributed by atoms with Gasteiger partial charge in [-0.3, -0.25) is 9.59 Å². The Hall–Kier alpha value is -2.71. The van der Waals surface area contributed by atoms with E-state index in [1.165, 1.54) is 31.2 Å². The number of hydrogen-bond acceptors (Lipinski definition) is 5. The van der Waals surface area contributed by atoms with Crippen LogP contribution in [0.1, 0.15) is 18.1 Å². The number of nitrogens with one attached hydrogen (secondary N) is 2. The summed E-state index contributed by atoms with van der Waals surface area (Å²) < 4.78 is 31.6. The van der Waals surface area contributed by atoms with Crippen molar-refractivity contribution in [1.29, 1.82) is 0 Å². The van der Waals surface area contributed by atoms with E-state index in [1.807, 2.05) is 31.2 Å². The minimum atomic E-state index is -3.85. The molecule has 0 aliphatic heterocycles. The molecule has 0 heterocycles. The second kappa shape index (κ2) is 8.59. The molecule has 0 aliphatic carbocycles. The number of esters is 1. The van der Waals surface area contributed by atoms with Crippen LogP contribution in [0, 0.1) is 6.92 Å². The Balaban J connectivity index is 1.87. The van der Waals surface area contributed by atoms with Crippen LogP contribution >= 0.6 is 0 Å². The van der Waals surface area contributed by atoms with E-state index in [1.54, 1.807) is 0 Å². The summed E-state index contributed by atoms with van der Waals surface area (Å²) in [6.07, 6.45) is 0. The van der Waals surface area contributed by atoms with Crippen molar-refractivity contribution in [3.8, 4) is 0 Å². The minimum absolute atomic E-state index is 0.0158. The second-order valence-corrected chi connectivity index (χ2v) is 7.44. The Morgan fingerprint density at radius 1 is 1.00 bits per heavy atom. The lowest BCUT2D eigenvalue weighted by Gasteiger charge is -2.09. The largest absolute Gasteiger partial charge is 0.460 e. The van der Waals surface area contributed by atoms with Crippen LogP contribution < -0.4 is 10.0 Å². The molecular weight excluding hydrogens is 356 g/mol. The highest BCUT2D eigenvalue weighted by atomic mass is 32.2. The van der Waals surface area contributed by atoms with Crippen molar-refractivity contribution in [2.45, 2.75) is 25.3 Å². The van der Waals surface area contributed by atoms with Gasteiger partial charge >= 0.3 is 5.97 Å². The molecule has 2 aromatic carbocycles. The average Bonchev–Trinajstić information content (AvgIpc) is 2.59. The highest BCUT2D eigenvalue weighted by Gasteiger charge is 2.16. The Morgan fingerprint density at radius 3 is 2.19 bits per heavy atom. The number of anilines is 1. The maximum atomic E-state index is 12.2. The molecule has 0 saturated carbocycles. The third-order valence-corrected chi connectivity index (χ3v) is 4.83. The molecule has 0 radical (unpaired) electrons. The van der Waals surface area contributed by atoms with E-state index in [-0.39, 0.29) is 17.4 Å². The smallest absolute Gasteiger partial charge is 0.321 e. The van der Waals surface area contributed by atoms with Gasteiger partial charge < -0.3 is 10.1 Å². The van der Waals surface area contributed by atoms with Gasteiger partial charge in [0, 0.05) is 12.6 Å². The molecule has 26 heavy (non-hydrogen) atoms. The Morgan fingerprint density at radius 2 is 1.62 bits per heavy atom. The Bertz CT molecular complexity index is 875. The zero-order valence-corrected chi connectivity index (χ0v) is 15.3. The number of amides is 1. The van der Waals surface area contributed by atoms with Gasteiger partial charge in [-0.25, -0.2) is 8.42 Å². The standard InChI is InChI=1S/C18H20N2O5S/c1-13-3-5-15(6-4-13)12-25-18(22)11-19-26(23,24)17-9-7-16(8-10-17)20-14(2)21/h3-10,19H,11-12H2,1-2H3,(H,20,21). The van der Waals surface area contributed by atoms with Crippen molar-refractivity contribution in [3.05, 3.63) is 59.7 Å². The first-order valence-electron chi connectivity index (χ1n) is 7.85. The SMILES string of the molecule is CC(=O)Nc1ccc(S(=O)(=O)NCC(=O)OCc2ccc(C)cc2)cc1. The van der Waals surface area contributed by atoms with E-state index in [4.69, 9.17) is 4.74 Å². The van der Waals surface area contributed by atoms with Crippen molar-refractivity contribution >= 4 is 27.6 Å². The summed E-state index contributed by atoms with van der Waals surface area (Å²) in [4.78, 5) is 22.7. The van der Waals surface area contributed by atoms with E-state index in [0.717, 1.165) is 11.1 Å². The highest BCUT2D eigenvalue weighted by molar-refractivity contribution is 7.89. The molecule has 0 spiro atoms. The summed E-state index contributed by atoms with van der Waals surface area (Å²) in [7, 11) is -3.85. The number of benzene rings is 2. The lowest BCUT2D eigenvalue weighted by Crippen LogP contribution is -2.30. The molecule has 0 atom stereocenters. The fourth-order valence-corrected chi connectivity index (χ4v) is 3.03. The van der Waals surface area contributed by atoms with Crippen molar-refractivity contribution in [3.63, 3.8) is 0 Å². The maximum Gasteiger partial charge on any atom is 0.321 e. The molecule has 138 valence electrons. The highest BCUT2D eigenvalue weighted by Crippen LogP contribution is 2.14. The van der Waals surface area contributed by atoms with Gasteiger partial charge in [0.25, 0.3) is 0 Å². The molecule has 0 fully saturated rings. The van der Waals surface area contributed by atoms with Gasteiger partial charge in [-0.2, -0.15) is 4.72 Å². The van der Waals surface area contributed by atoms with E-state index >= 15 is 0 Å². The van der Waals surface area contributed by atoms with E-state index in [2.05, 4.69) is 10.0 Å². The van der Waals surface area contributed by atoms with Gasteiger partial charge in [0.15, 0.2) is 0 Å². The number of carbonyl (C=O) groups is 2. The van der Waals surface area contributed by atoms with E-state index < -0.39 is 22.5 Å². The number of ether oxygens (including phenoxy) is 1. The molecule has 8 heteroatoms. The first kappa shape index (κ1) is 19.6. The van der Waals surface area contributed by atoms with Gasteiger partial charge in [-0.05, 0) is 36.8 Å². The molecule has 0 saturated heterocycles. The van der Waals surface area contributed by atoms with Gasteiger partial charge in [-0.15, -0.1) is 0 Å². The summed E-state index contributed by atoms with van der Waals surface area (Å²) in [6.45, 7) is 2.91. The van der Waals surface area contributed by atoms with E-state index in [0.29, 0.717) is 5.69 Å². The molecule has 2 N–H and O–H groups in total. The first-order valence-corrected chi connectivity index (χ1v) is 9.33. The van der Waals surface area contributed by atoms with Crippen LogP contribution in [0.25, 0.3) is 0 Å². The van der Waals surface area contributed by atoms with Gasteiger partial charge in [-0.1, -0.05) is 29.8 Å². The quantitative estimate of drug-likeness (QED) is 0.720. The molecule has 0 aliphatic rings. The summed E-state index contributed by atoms with van der Waals surface area (Å²) in [5.74, 6) is -0.931. The van der Waals surface area contributed by atoms with Crippen LogP contribution in [0.4, 0.5) is 5.69 Å². The number of sulfonamides is 1. The molecule has 0 unspecified atom stereocenters. The van der Waals surface area contributed by atoms with Crippen LogP contribution in [0.15, 0.2) is 53.4 Å². The van der Waals surface area contributed by atoms with Crippen molar-refractivity contribution in [2.75, 3.05) is 11.9 Å². The number of aryl methyl sites for hydroxylation is 1. The number of carbonyl (C=O) groups excluding carboxylic acids is 2. The van der Waals surface area contributed by atoms with Crippen LogP contribution in [0.2, 0.25) is 0 Å². The summed E-state index contributed by atoms with van der Waals surface area (Å²) >= 11 is 0. The summed E-state index contributed by atoms with van der Waals surface area (Å²) in [6, 6.07) is 13.1. The van der Waals surface area contributed by atoms with E-state index in [9.17, 15) is 18.0 Å². The molecule has 7 nitrogen and oxygen atoms in total. The molecule has 0 bridgehead atoms. The predicted octanol–water partition coefficient (Wildman–Crippen LogP) is 1.98. The third kappa shape index (κ3) is 5.98. The zero-order chi connectivity index (χ0) is 19.2. The van der Waals surface area contributed by atoms with Crippen molar-refractivity contribution in [2.24, 2.45) is 0 Å². The molecular formula is C18H20N2O5S. The number of rotatable bonds is 7. The second-order valence-electron chi connectivity index (χ2n) is 5.68. The Labute approximate surface area is 152 Å². The van der Waals surface area contributed by atoms with Crippen molar-refractivity contribution < 1.29 is 22.7 Å². The first-order chi connectivity index (χ1) is 12.3. The van der Waals surface area contributed by atoms with Crippen LogP contribution in [-0.4, -0.2) is 26.8 Å². The monoisotopic (exact) mass is 376 g/mol. The van der Waals surface area contributed by atoms with Gasteiger partial charge in [0.05, 0.1) is 4.90 Å². The number of hydrogen-bond donors (Lipinski definition) is 2. The fraction of sp³-hybridized carbons (Fsp3) is 0.222. The van der Waals surface area contributed by atoms with Crippen LogP contribution in [0.5, 0.6) is 0 Å². The predicted molar refractivity (Wildman–Crippen MR) is 96.9 cm³/mol. The Kier molecular flexibility index (Phi) is 6.48. The van der Waals surface area contributed by atoms with Gasteiger partial charge in [0.2, 0.25) is 15.9 Å². The zero-order valence-electron chi connectivity index (χ0n) is 14.5. The topological polar surface area (TPSA) is 102 Å². The maximum absolute atomic E-state index is 12.2. The summed E-state index contributed by atoms with van der Waals surface area (Å²) in [5.41, 5.74) is 2.40. The van der Waals surface area contributed by atoms with Crippen LogP contribution in [0.3, 0.4) is 0 Å². The normalized spacial score (nSPS) is 11.0. The lowest BCUT2D eigenvalue weighted by molar-refractivity contribution is -0.143. The average molecular weight is 376 g/mol. The molecule has 2 aromatic rings. The lowest BCUT2D eigenvalue weighted by atomic mass is 10.2. The van der Waals surface area contributed by atoms with Gasteiger partial charge in [0.1, 0.15) is 13.2 Å². The van der Waals surface area contributed by atoms with Crippen molar-refractivity contribution in [1.82, 2.24) is 4.72 Å². The molecule has 0 aromatic heterocycles. The molecule has 1 amide bonds. The fourth-order valence-electron chi connectivity index (χ4n) is 2.06. The third-order valence-electron chi connectivity index (χ3n) is 3.41. The molecule has 2 rings (SSSR count). The minimum Gasteiger partial charge on any atom is -0.460 e. The van der Waals surface area contributed by atoms with Crippen LogP contribution in [-0.2, 0) is 31.0 Å². The summed E-state index contributed by atoms with van der Waals surface area (Å²) in [5, 5.41) is 2.54.